The van der Waals surface area contributed by atoms with Gasteiger partial charge in [-0.1, -0.05) is 0 Å². The third-order valence-electron chi connectivity index (χ3n) is 4.45. The van der Waals surface area contributed by atoms with Crippen LogP contribution in [-0.4, -0.2) is 21.3 Å². The highest BCUT2D eigenvalue weighted by atomic mass is 32.1. The zero-order valence-corrected chi connectivity index (χ0v) is 15.4. The van der Waals surface area contributed by atoms with E-state index in [0.717, 1.165) is 53.0 Å². The standard InChI is InChI=1S/C17H18N4O5S/c1-9-6-10(21(25)26)7-20(17(9)24)8-13(22)19-16-14(15(18)23)11-4-2-3-5-12(11)27-16/h6-7H,2-5,8H2,1H3,(H2,18,23)(H,19,22). The number of aromatic nitrogens is 1. The first-order valence-electron chi connectivity index (χ1n) is 8.37. The molecule has 0 saturated carbocycles. The summed E-state index contributed by atoms with van der Waals surface area (Å²) in [5.74, 6) is -1.16. The number of amides is 2. The smallest absolute Gasteiger partial charge is 0.286 e. The largest absolute Gasteiger partial charge is 0.365 e. The lowest BCUT2D eigenvalue weighted by atomic mass is 9.95. The second-order valence-corrected chi connectivity index (χ2v) is 7.50. The number of carbonyl (C=O) groups excluding carboxylic acids is 2. The van der Waals surface area contributed by atoms with Crippen LogP contribution in [0.3, 0.4) is 0 Å². The maximum absolute atomic E-state index is 12.4. The summed E-state index contributed by atoms with van der Waals surface area (Å²) in [4.78, 5) is 47.8. The van der Waals surface area contributed by atoms with Gasteiger partial charge in [-0.15, -0.1) is 11.3 Å². The number of nitro groups is 1. The molecule has 9 nitrogen and oxygen atoms in total. The van der Waals surface area contributed by atoms with Crippen molar-refractivity contribution in [1.29, 1.82) is 0 Å². The fourth-order valence-corrected chi connectivity index (χ4v) is 4.53. The first-order valence-corrected chi connectivity index (χ1v) is 9.19. The molecule has 0 saturated heterocycles. The van der Waals surface area contributed by atoms with Gasteiger partial charge in [0.2, 0.25) is 5.91 Å². The molecule has 2 amide bonds. The molecule has 10 heteroatoms. The van der Waals surface area contributed by atoms with Crippen LogP contribution in [0, 0.1) is 17.0 Å². The van der Waals surface area contributed by atoms with Crippen molar-refractivity contribution in [3.63, 3.8) is 0 Å². The predicted octanol–water partition coefficient (Wildman–Crippen LogP) is 1.74. The van der Waals surface area contributed by atoms with Gasteiger partial charge in [-0.25, -0.2) is 0 Å². The summed E-state index contributed by atoms with van der Waals surface area (Å²) in [5, 5.41) is 14.0. The summed E-state index contributed by atoms with van der Waals surface area (Å²) in [6.45, 7) is 1.05. The van der Waals surface area contributed by atoms with Crippen LogP contribution in [0.5, 0.6) is 0 Å². The highest BCUT2D eigenvalue weighted by Gasteiger charge is 2.25. The number of fused-ring (bicyclic) bond motifs is 1. The first-order chi connectivity index (χ1) is 12.8. The van der Waals surface area contributed by atoms with Crippen LogP contribution in [0.25, 0.3) is 0 Å². The summed E-state index contributed by atoms with van der Waals surface area (Å²) in [6, 6.07) is 1.16. The van der Waals surface area contributed by atoms with Crippen molar-refractivity contribution in [2.45, 2.75) is 39.2 Å². The van der Waals surface area contributed by atoms with E-state index in [2.05, 4.69) is 5.32 Å². The van der Waals surface area contributed by atoms with Crippen LogP contribution in [0.2, 0.25) is 0 Å². The number of thiophene rings is 1. The number of nitrogens with two attached hydrogens (primary N) is 1. The zero-order chi connectivity index (χ0) is 19.7. The number of rotatable bonds is 5. The van der Waals surface area contributed by atoms with Gasteiger partial charge >= 0.3 is 0 Å². The number of primary amides is 1. The van der Waals surface area contributed by atoms with Gasteiger partial charge in [0.05, 0.1) is 16.7 Å². The van der Waals surface area contributed by atoms with Crippen LogP contribution < -0.4 is 16.6 Å². The summed E-state index contributed by atoms with van der Waals surface area (Å²) in [7, 11) is 0. The van der Waals surface area contributed by atoms with Crippen molar-refractivity contribution >= 4 is 33.8 Å². The Hall–Kier alpha value is -3.01. The van der Waals surface area contributed by atoms with Gasteiger partial charge < -0.3 is 11.1 Å². The minimum absolute atomic E-state index is 0.168. The molecule has 0 aliphatic heterocycles. The van der Waals surface area contributed by atoms with Crippen molar-refractivity contribution in [3.8, 4) is 0 Å². The molecule has 1 aliphatic carbocycles. The van der Waals surface area contributed by atoms with Gasteiger partial charge in [0.15, 0.2) is 0 Å². The van der Waals surface area contributed by atoms with Crippen molar-refractivity contribution in [3.05, 3.63) is 54.3 Å². The van der Waals surface area contributed by atoms with E-state index in [1.165, 1.54) is 18.3 Å². The minimum atomic E-state index is -0.626. The van der Waals surface area contributed by atoms with E-state index in [9.17, 15) is 24.5 Å². The molecule has 3 rings (SSSR count). The molecular weight excluding hydrogens is 372 g/mol. The Labute approximate surface area is 157 Å². The van der Waals surface area contributed by atoms with E-state index in [4.69, 9.17) is 5.73 Å². The maximum Gasteiger partial charge on any atom is 0.286 e. The van der Waals surface area contributed by atoms with Crippen molar-refractivity contribution in [2.75, 3.05) is 5.32 Å². The van der Waals surface area contributed by atoms with Crippen molar-refractivity contribution in [1.82, 2.24) is 4.57 Å². The van der Waals surface area contributed by atoms with Gasteiger partial charge in [0, 0.05) is 16.5 Å². The molecule has 2 aromatic rings. The summed E-state index contributed by atoms with van der Waals surface area (Å²) >= 11 is 1.32. The van der Waals surface area contributed by atoms with Crippen molar-refractivity contribution in [2.24, 2.45) is 5.73 Å². The number of hydrogen-bond acceptors (Lipinski definition) is 6. The number of nitrogens with zero attached hydrogens (tertiary/aromatic N) is 2. The Morgan fingerprint density at radius 2 is 2.07 bits per heavy atom. The zero-order valence-electron chi connectivity index (χ0n) is 14.6. The van der Waals surface area contributed by atoms with E-state index < -0.39 is 28.8 Å². The Kier molecular flexibility index (Phi) is 5.08. The molecule has 142 valence electrons. The Bertz CT molecular complexity index is 1010. The van der Waals surface area contributed by atoms with E-state index in [1.54, 1.807) is 0 Å². The van der Waals surface area contributed by atoms with Crippen molar-refractivity contribution < 1.29 is 14.5 Å². The molecule has 0 unspecified atom stereocenters. The quantitative estimate of drug-likeness (QED) is 0.592. The lowest BCUT2D eigenvalue weighted by Crippen LogP contribution is -2.29. The van der Waals surface area contributed by atoms with Crippen LogP contribution >= 0.6 is 11.3 Å². The summed E-state index contributed by atoms with van der Waals surface area (Å²) in [6.07, 6.45) is 4.58. The molecular formula is C17H18N4O5S. The molecule has 3 N–H and O–H groups in total. The summed E-state index contributed by atoms with van der Waals surface area (Å²) < 4.78 is 0.986. The average Bonchev–Trinajstić information content (AvgIpc) is 2.96. The monoisotopic (exact) mass is 390 g/mol. The maximum atomic E-state index is 12.4. The van der Waals surface area contributed by atoms with Crippen LogP contribution in [0.15, 0.2) is 17.1 Å². The molecule has 0 spiro atoms. The average molecular weight is 390 g/mol. The second kappa shape index (κ2) is 7.31. The highest BCUT2D eigenvalue weighted by Crippen LogP contribution is 2.37. The number of hydrogen-bond donors (Lipinski definition) is 2. The normalized spacial score (nSPS) is 13.1. The lowest BCUT2D eigenvalue weighted by Gasteiger charge is -2.11. The molecule has 27 heavy (non-hydrogen) atoms. The predicted molar refractivity (Wildman–Crippen MR) is 100 cm³/mol. The third kappa shape index (κ3) is 3.75. The van der Waals surface area contributed by atoms with Crippen LogP contribution in [-0.2, 0) is 24.2 Å². The van der Waals surface area contributed by atoms with Gasteiger partial charge in [-0.3, -0.25) is 29.1 Å². The lowest BCUT2D eigenvalue weighted by molar-refractivity contribution is -0.385. The van der Waals surface area contributed by atoms with Gasteiger partial charge in [0.1, 0.15) is 11.5 Å². The van der Waals surface area contributed by atoms with Gasteiger partial charge in [-0.05, 0) is 38.2 Å². The van der Waals surface area contributed by atoms with Gasteiger partial charge in [0.25, 0.3) is 17.2 Å². The molecule has 0 atom stereocenters. The molecule has 2 aromatic heterocycles. The third-order valence-corrected chi connectivity index (χ3v) is 5.65. The number of anilines is 1. The fourth-order valence-electron chi connectivity index (χ4n) is 3.22. The molecule has 2 heterocycles. The topological polar surface area (TPSA) is 137 Å². The number of pyridine rings is 1. The molecule has 0 radical (unpaired) electrons. The summed E-state index contributed by atoms with van der Waals surface area (Å²) in [5.41, 5.74) is 6.11. The Morgan fingerprint density at radius 1 is 1.37 bits per heavy atom. The van der Waals surface area contributed by atoms with Crippen LogP contribution in [0.1, 0.15) is 39.2 Å². The minimum Gasteiger partial charge on any atom is -0.365 e. The molecule has 0 fully saturated rings. The number of carbonyl (C=O) groups is 2. The molecule has 0 aromatic carbocycles. The van der Waals surface area contributed by atoms with E-state index in [0.29, 0.717) is 10.6 Å². The molecule has 0 bridgehead atoms. The van der Waals surface area contributed by atoms with Gasteiger partial charge in [-0.2, -0.15) is 0 Å². The van der Waals surface area contributed by atoms with Crippen LogP contribution in [0.4, 0.5) is 10.7 Å². The second-order valence-electron chi connectivity index (χ2n) is 6.40. The Morgan fingerprint density at radius 3 is 2.74 bits per heavy atom. The van der Waals surface area contributed by atoms with E-state index in [1.807, 2.05) is 0 Å². The highest BCUT2D eigenvalue weighted by molar-refractivity contribution is 7.17. The fraction of sp³-hybridized carbons (Fsp3) is 0.353. The number of nitrogens with one attached hydrogen (secondary N) is 1. The SMILES string of the molecule is Cc1cc([N+](=O)[O-])cn(CC(=O)Nc2sc3c(c2C(N)=O)CCCC3)c1=O. The first kappa shape index (κ1) is 18.8. The number of aryl methyl sites for hydroxylation is 2. The Balaban J connectivity index is 1.87. The van der Waals surface area contributed by atoms with E-state index in [-0.39, 0.29) is 11.3 Å². The van der Waals surface area contributed by atoms with E-state index >= 15 is 0 Å². The molecule has 1 aliphatic rings.